The maximum absolute atomic E-state index is 5.37. The van der Waals surface area contributed by atoms with Gasteiger partial charge in [-0.25, -0.2) is 0 Å². The summed E-state index contributed by atoms with van der Waals surface area (Å²) in [5.41, 5.74) is 0. The van der Waals surface area contributed by atoms with Gasteiger partial charge in [0.2, 0.25) is 0 Å². The third kappa shape index (κ3) is 5.18. The Morgan fingerprint density at radius 3 is 3.23 bits per heavy atom. The second kappa shape index (κ2) is 7.24. The Morgan fingerprint density at radius 1 is 1.46 bits per heavy atom. The van der Waals surface area contributed by atoms with Crippen LogP contribution < -0.4 is 5.32 Å². The SMILES string of the molecule is CN/C=C\SCN1CCCOCC1. The molecule has 0 atom stereocenters. The summed E-state index contributed by atoms with van der Waals surface area (Å²) in [6.45, 7) is 4.05. The standard InChI is InChI=1S/C9H18N2OS/c1-10-3-8-13-9-11-4-2-6-12-7-5-11/h3,8,10H,2,4-7,9H2,1H3/b8-3-. The topological polar surface area (TPSA) is 24.5 Å². The first-order chi connectivity index (χ1) is 6.43. The summed E-state index contributed by atoms with van der Waals surface area (Å²) in [4.78, 5) is 2.43. The van der Waals surface area contributed by atoms with E-state index >= 15 is 0 Å². The molecule has 0 bridgehead atoms. The molecule has 1 saturated heterocycles. The van der Waals surface area contributed by atoms with Crippen LogP contribution in [0.15, 0.2) is 11.6 Å². The zero-order valence-electron chi connectivity index (χ0n) is 8.16. The molecule has 0 radical (unpaired) electrons. The predicted molar refractivity (Wildman–Crippen MR) is 57.7 cm³/mol. The minimum absolute atomic E-state index is 0.885. The average Bonchev–Trinajstić information content (AvgIpc) is 2.41. The Kier molecular flexibility index (Phi) is 6.06. The zero-order valence-corrected chi connectivity index (χ0v) is 8.98. The Hall–Kier alpha value is -0.190. The summed E-state index contributed by atoms with van der Waals surface area (Å²) in [6, 6.07) is 0. The first-order valence-corrected chi connectivity index (χ1v) is 5.72. The molecule has 0 amide bonds. The third-order valence-corrected chi connectivity index (χ3v) is 2.75. The molecular formula is C9H18N2OS. The van der Waals surface area contributed by atoms with E-state index in [-0.39, 0.29) is 0 Å². The normalized spacial score (nSPS) is 20.4. The van der Waals surface area contributed by atoms with E-state index in [1.54, 1.807) is 0 Å². The molecule has 13 heavy (non-hydrogen) atoms. The molecule has 1 heterocycles. The quantitative estimate of drug-likeness (QED) is 0.737. The Balaban J connectivity index is 2.08. The van der Waals surface area contributed by atoms with E-state index in [9.17, 15) is 0 Å². The number of rotatable bonds is 4. The van der Waals surface area contributed by atoms with Crippen LogP contribution in [0.4, 0.5) is 0 Å². The molecule has 0 aromatic rings. The molecule has 0 saturated carbocycles. The lowest BCUT2D eigenvalue weighted by Crippen LogP contribution is -2.25. The maximum atomic E-state index is 5.37. The number of ether oxygens (including phenoxy) is 1. The molecule has 0 unspecified atom stereocenters. The fraction of sp³-hybridized carbons (Fsp3) is 0.778. The molecular weight excluding hydrogens is 184 g/mol. The lowest BCUT2D eigenvalue weighted by molar-refractivity contribution is 0.144. The highest BCUT2D eigenvalue weighted by Gasteiger charge is 2.07. The second-order valence-electron chi connectivity index (χ2n) is 2.97. The second-order valence-corrected chi connectivity index (χ2v) is 3.83. The van der Waals surface area contributed by atoms with Crippen LogP contribution in [0.3, 0.4) is 0 Å². The van der Waals surface area contributed by atoms with Crippen molar-refractivity contribution >= 4 is 11.8 Å². The van der Waals surface area contributed by atoms with Crippen LogP contribution in [0.5, 0.6) is 0 Å². The minimum Gasteiger partial charge on any atom is -0.394 e. The van der Waals surface area contributed by atoms with Crippen LogP contribution in [-0.4, -0.2) is 44.1 Å². The van der Waals surface area contributed by atoms with Crippen LogP contribution in [0.1, 0.15) is 6.42 Å². The summed E-state index contributed by atoms with van der Waals surface area (Å²) in [5.74, 6) is 1.07. The van der Waals surface area contributed by atoms with Gasteiger partial charge < -0.3 is 10.1 Å². The summed E-state index contributed by atoms with van der Waals surface area (Å²) < 4.78 is 5.37. The van der Waals surface area contributed by atoms with E-state index in [0.29, 0.717) is 0 Å². The van der Waals surface area contributed by atoms with Crippen molar-refractivity contribution in [2.24, 2.45) is 0 Å². The molecule has 1 fully saturated rings. The summed E-state index contributed by atoms with van der Waals surface area (Å²) in [6.07, 6.45) is 3.12. The van der Waals surface area contributed by atoms with Crippen molar-refractivity contribution in [3.8, 4) is 0 Å². The molecule has 0 aromatic carbocycles. The van der Waals surface area contributed by atoms with Crippen molar-refractivity contribution in [1.82, 2.24) is 10.2 Å². The van der Waals surface area contributed by atoms with Gasteiger partial charge in [-0.3, -0.25) is 4.90 Å². The average molecular weight is 202 g/mol. The van der Waals surface area contributed by atoms with Crippen molar-refractivity contribution in [2.75, 3.05) is 39.2 Å². The van der Waals surface area contributed by atoms with Crippen molar-refractivity contribution < 1.29 is 4.74 Å². The Bertz CT molecular complexity index is 145. The van der Waals surface area contributed by atoms with Crippen LogP contribution in [0.25, 0.3) is 0 Å². The van der Waals surface area contributed by atoms with Gasteiger partial charge in [-0.2, -0.15) is 0 Å². The van der Waals surface area contributed by atoms with E-state index in [4.69, 9.17) is 4.74 Å². The summed E-state index contributed by atoms with van der Waals surface area (Å²) >= 11 is 1.82. The molecule has 3 nitrogen and oxygen atoms in total. The highest BCUT2D eigenvalue weighted by Crippen LogP contribution is 2.07. The molecule has 0 spiro atoms. The highest BCUT2D eigenvalue weighted by molar-refractivity contribution is 8.02. The monoisotopic (exact) mass is 202 g/mol. The van der Waals surface area contributed by atoms with Crippen molar-refractivity contribution in [3.05, 3.63) is 11.6 Å². The largest absolute Gasteiger partial charge is 0.394 e. The smallest absolute Gasteiger partial charge is 0.0593 e. The van der Waals surface area contributed by atoms with Gasteiger partial charge in [0, 0.05) is 38.8 Å². The number of nitrogens with zero attached hydrogens (tertiary/aromatic N) is 1. The number of hydrogen-bond acceptors (Lipinski definition) is 4. The first-order valence-electron chi connectivity index (χ1n) is 4.67. The van der Waals surface area contributed by atoms with Gasteiger partial charge in [-0.1, -0.05) is 0 Å². The Labute approximate surface area is 84.5 Å². The van der Waals surface area contributed by atoms with E-state index in [1.807, 2.05) is 25.0 Å². The van der Waals surface area contributed by atoms with Crippen molar-refractivity contribution in [2.45, 2.75) is 6.42 Å². The van der Waals surface area contributed by atoms with Crippen LogP contribution >= 0.6 is 11.8 Å². The molecule has 1 rings (SSSR count). The fourth-order valence-corrected chi connectivity index (χ4v) is 1.98. The highest BCUT2D eigenvalue weighted by atomic mass is 32.2. The molecule has 0 aliphatic carbocycles. The van der Waals surface area contributed by atoms with Gasteiger partial charge in [0.05, 0.1) is 6.61 Å². The summed E-state index contributed by atoms with van der Waals surface area (Å²) in [7, 11) is 1.91. The van der Waals surface area contributed by atoms with Crippen LogP contribution in [-0.2, 0) is 4.74 Å². The fourth-order valence-electron chi connectivity index (χ4n) is 1.19. The van der Waals surface area contributed by atoms with Gasteiger partial charge in [0.1, 0.15) is 0 Å². The van der Waals surface area contributed by atoms with E-state index in [2.05, 4.69) is 15.6 Å². The number of hydrogen-bond donors (Lipinski definition) is 1. The van der Waals surface area contributed by atoms with E-state index < -0.39 is 0 Å². The molecule has 1 aliphatic heterocycles. The maximum Gasteiger partial charge on any atom is 0.0593 e. The van der Waals surface area contributed by atoms with Gasteiger partial charge in [0.25, 0.3) is 0 Å². The van der Waals surface area contributed by atoms with Gasteiger partial charge in [-0.05, 0) is 11.8 Å². The van der Waals surface area contributed by atoms with Crippen LogP contribution in [0, 0.1) is 0 Å². The summed E-state index contributed by atoms with van der Waals surface area (Å²) in [5, 5.41) is 5.06. The third-order valence-electron chi connectivity index (χ3n) is 1.90. The molecule has 76 valence electrons. The lowest BCUT2D eigenvalue weighted by Gasteiger charge is -2.16. The van der Waals surface area contributed by atoms with Gasteiger partial charge in [0.15, 0.2) is 0 Å². The van der Waals surface area contributed by atoms with Crippen LogP contribution in [0.2, 0.25) is 0 Å². The van der Waals surface area contributed by atoms with E-state index in [1.165, 1.54) is 6.54 Å². The first kappa shape index (κ1) is 10.9. The zero-order chi connectivity index (χ0) is 9.36. The molecule has 1 N–H and O–H groups in total. The predicted octanol–water partition coefficient (Wildman–Crippen LogP) is 1.09. The molecule has 1 aliphatic rings. The minimum atomic E-state index is 0.885. The van der Waals surface area contributed by atoms with Crippen molar-refractivity contribution in [3.63, 3.8) is 0 Å². The lowest BCUT2D eigenvalue weighted by atomic mass is 10.4. The van der Waals surface area contributed by atoms with Gasteiger partial charge in [-0.15, -0.1) is 11.8 Å². The Morgan fingerprint density at radius 2 is 2.38 bits per heavy atom. The number of nitrogens with one attached hydrogen (secondary N) is 1. The van der Waals surface area contributed by atoms with Gasteiger partial charge >= 0.3 is 0 Å². The molecule has 0 aromatic heterocycles. The van der Waals surface area contributed by atoms with E-state index in [0.717, 1.165) is 32.1 Å². The molecule has 4 heteroatoms. The van der Waals surface area contributed by atoms with Crippen molar-refractivity contribution in [1.29, 1.82) is 0 Å². The number of thioether (sulfide) groups is 1.